The fraction of sp³-hybridized carbons (Fsp3) is 0.500. The Bertz CT molecular complexity index is 725. The smallest absolute Gasteiger partial charge is 0.247 e. The summed E-state index contributed by atoms with van der Waals surface area (Å²) in [4.78, 5) is 17.4. The third-order valence-electron chi connectivity index (χ3n) is 5.11. The van der Waals surface area contributed by atoms with Gasteiger partial charge in [0.15, 0.2) is 0 Å². The largest absolute Gasteiger partial charge is 0.497 e. The van der Waals surface area contributed by atoms with Gasteiger partial charge >= 0.3 is 0 Å². The van der Waals surface area contributed by atoms with Gasteiger partial charge in [-0.2, -0.15) is 5.10 Å². The van der Waals surface area contributed by atoms with Gasteiger partial charge in [0.1, 0.15) is 11.8 Å². The van der Waals surface area contributed by atoms with E-state index in [1.54, 1.807) is 18.0 Å². The molecule has 0 aliphatic carbocycles. The van der Waals surface area contributed by atoms with E-state index >= 15 is 0 Å². The molecule has 0 saturated carbocycles. The van der Waals surface area contributed by atoms with Crippen molar-refractivity contribution < 1.29 is 9.53 Å². The number of anilines is 1. The van der Waals surface area contributed by atoms with Crippen molar-refractivity contribution in [3.63, 3.8) is 0 Å². The fourth-order valence-electron chi connectivity index (χ4n) is 3.73. The zero-order chi connectivity index (χ0) is 18.7. The number of carbonyl (C=O) groups is 1. The van der Waals surface area contributed by atoms with E-state index in [-0.39, 0.29) is 17.5 Å². The molecular formula is C20H28N4O2. The minimum atomic E-state index is -0.228. The van der Waals surface area contributed by atoms with Crippen molar-refractivity contribution in [2.24, 2.45) is 0 Å². The van der Waals surface area contributed by atoms with Crippen molar-refractivity contribution >= 4 is 11.6 Å². The molecule has 1 aliphatic heterocycles. The first-order valence-corrected chi connectivity index (χ1v) is 9.16. The second-order valence-corrected chi connectivity index (χ2v) is 7.33. The third kappa shape index (κ3) is 3.54. The highest BCUT2D eigenvalue weighted by Crippen LogP contribution is 2.30. The Hall–Kier alpha value is -2.50. The van der Waals surface area contributed by atoms with Crippen LogP contribution in [0.1, 0.15) is 33.2 Å². The second kappa shape index (κ2) is 7.40. The summed E-state index contributed by atoms with van der Waals surface area (Å²) in [5, 5.41) is 4.27. The van der Waals surface area contributed by atoms with Gasteiger partial charge in [-0.05, 0) is 50.6 Å². The Morgan fingerprint density at radius 1 is 1.27 bits per heavy atom. The van der Waals surface area contributed by atoms with E-state index in [1.165, 1.54) is 0 Å². The Morgan fingerprint density at radius 3 is 2.54 bits per heavy atom. The molecule has 1 fully saturated rings. The van der Waals surface area contributed by atoms with E-state index in [9.17, 15) is 4.79 Å². The number of aromatic nitrogens is 2. The van der Waals surface area contributed by atoms with Crippen LogP contribution in [0.5, 0.6) is 5.75 Å². The third-order valence-corrected chi connectivity index (χ3v) is 5.11. The summed E-state index contributed by atoms with van der Waals surface area (Å²) >= 11 is 0. The Balaban J connectivity index is 1.74. The van der Waals surface area contributed by atoms with Crippen LogP contribution in [0, 0.1) is 0 Å². The van der Waals surface area contributed by atoms with E-state index in [4.69, 9.17) is 4.74 Å². The van der Waals surface area contributed by atoms with Crippen molar-refractivity contribution in [1.29, 1.82) is 0 Å². The van der Waals surface area contributed by atoms with Crippen LogP contribution < -0.4 is 9.64 Å². The van der Waals surface area contributed by atoms with E-state index < -0.39 is 0 Å². The topological polar surface area (TPSA) is 50.6 Å². The number of rotatable bonds is 5. The number of hydrogen-bond donors (Lipinski definition) is 0. The summed E-state index contributed by atoms with van der Waals surface area (Å²) < 4.78 is 7.02. The molecular weight excluding hydrogens is 328 g/mol. The maximum atomic E-state index is 13.1. The van der Waals surface area contributed by atoms with Crippen molar-refractivity contribution in [2.75, 3.05) is 31.6 Å². The van der Waals surface area contributed by atoms with Gasteiger partial charge in [-0.15, -0.1) is 0 Å². The van der Waals surface area contributed by atoms with E-state index in [1.807, 2.05) is 36.2 Å². The van der Waals surface area contributed by atoms with E-state index in [2.05, 4.69) is 36.0 Å². The first-order valence-electron chi connectivity index (χ1n) is 9.16. The molecule has 0 unspecified atom stereocenters. The van der Waals surface area contributed by atoms with Crippen LogP contribution in [0.2, 0.25) is 0 Å². The average Bonchev–Trinajstić information content (AvgIpc) is 3.16. The first kappa shape index (κ1) is 18.3. The van der Waals surface area contributed by atoms with Crippen LogP contribution in [-0.4, -0.2) is 52.9 Å². The van der Waals surface area contributed by atoms with Crippen LogP contribution in [0.15, 0.2) is 42.7 Å². The molecule has 6 heteroatoms. The number of methoxy groups -OCH3 is 1. The molecule has 140 valence electrons. The summed E-state index contributed by atoms with van der Waals surface area (Å²) in [6.07, 6.45) is 4.33. The number of benzene rings is 1. The van der Waals surface area contributed by atoms with Crippen LogP contribution in [0.4, 0.5) is 5.69 Å². The summed E-state index contributed by atoms with van der Waals surface area (Å²) in [6, 6.07) is 9.75. The lowest BCUT2D eigenvalue weighted by molar-refractivity contribution is -0.136. The minimum Gasteiger partial charge on any atom is -0.497 e. The molecule has 0 spiro atoms. The number of amides is 1. The zero-order valence-electron chi connectivity index (χ0n) is 16.1. The van der Waals surface area contributed by atoms with Crippen molar-refractivity contribution in [3.8, 4) is 5.75 Å². The van der Waals surface area contributed by atoms with Gasteiger partial charge < -0.3 is 14.5 Å². The standard InChI is InChI=1S/C20H28N4O2/c1-5-18(24-12-6-11-21-24)19(25)22-13-14-23(20(2,3)15-22)16-7-9-17(26-4)10-8-16/h6-12,18H,5,13-15H2,1-4H3/t18-/m0/s1. The summed E-state index contributed by atoms with van der Waals surface area (Å²) in [5.74, 6) is 1.00. The van der Waals surface area contributed by atoms with E-state index in [0.29, 0.717) is 13.1 Å². The molecule has 2 aromatic rings. The Kier molecular flexibility index (Phi) is 5.20. The van der Waals surface area contributed by atoms with Gasteiger partial charge in [0, 0.05) is 37.7 Å². The molecule has 1 amide bonds. The molecule has 6 nitrogen and oxygen atoms in total. The van der Waals surface area contributed by atoms with Gasteiger partial charge in [-0.25, -0.2) is 0 Å². The molecule has 1 saturated heterocycles. The zero-order valence-corrected chi connectivity index (χ0v) is 16.1. The average molecular weight is 356 g/mol. The predicted octanol–water partition coefficient (Wildman–Crippen LogP) is 2.97. The summed E-state index contributed by atoms with van der Waals surface area (Å²) in [7, 11) is 1.67. The maximum Gasteiger partial charge on any atom is 0.247 e. The highest BCUT2D eigenvalue weighted by atomic mass is 16.5. The van der Waals surface area contributed by atoms with Gasteiger partial charge in [0.25, 0.3) is 0 Å². The normalized spacial score (nSPS) is 17.8. The maximum absolute atomic E-state index is 13.1. The first-order chi connectivity index (χ1) is 12.5. The van der Waals surface area contributed by atoms with Crippen molar-refractivity contribution in [2.45, 2.75) is 38.8 Å². The molecule has 1 aromatic carbocycles. The number of carbonyl (C=O) groups excluding carboxylic acids is 1. The van der Waals surface area contributed by atoms with Crippen LogP contribution >= 0.6 is 0 Å². The Morgan fingerprint density at radius 2 is 2.00 bits per heavy atom. The molecule has 0 radical (unpaired) electrons. The number of ether oxygens (including phenoxy) is 1. The molecule has 3 rings (SSSR count). The highest BCUT2D eigenvalue weighted by Gasteiger charge is 2.37. The SMILES string of the molecule is CC[C@@H](C(=O)N1CCN(c2ccc(OC)cc2)C(C)(C)C1)n1cccn1. The highest BCUT2D eigenvalue weighted by molar-refractivity contribution is 5.80. The lowest BCUT2D eigenvalue weighted by Gasteiger charge is -2.49. The summed E-state index contributed by atoms with van der Waals surface area (Å²) in [5.41, 5.74) is 1.01. The number of nitrogens with zero attached hydrogens (tertiary/aromatic N) is 4. The molecule has 26 heavy (non-hydrogen) atoms. The van der Waals surface area contributed by atoms with Crippen LogP contribution in [0.25, 0.3) is 0 Å². The minimum absolute atomic E-state index is 0.148. The predicted molar refractivity (Wildman–Crippen MR) is 103 cm³/mol. The molecule has 2 heterocycles. The molecule has 0 bridgehead atoms. The molecule has 1 aromatic heterocycles. The lowest BCUT2D eigenvalue weighted by atomic mass is 9.96. The van der Waals surface area contributed by atoms with Gasteiger partial charge in [-0.3, -0.25) is 9.48 Å². The number of hydrogen-bond acceptors (Lipinski definition) is 4. The van der Waals surface area contributed by atoms with Gasteiger partial charge in [0.2, 0.25) is 5.91 Å². The van der Waals surface area contributed by atoms with Crippen molar-refractivity contribution in [1.82, 2.24) is 14.7 Å². The molecule has 1 aliphatic rings. The van der Waals surface area contributed by atoms with Gasteiger partial charge in [-0.1, -0.05) is 6.92 Å². The van der Waals surface area contributed by atoms with Gasteiger partial charge in [0.05, 0.1) is 12.6 Å². The molecule has 1 atom stereocenters. The second-order valence-electron chi connectivity index (χ2n) is 7.33. The monoisotopic (exact) mass is 356 g/mol. The number of piperazine rings is 1. The van der Waals surface area contributed by atoms with Crippen LogP contribution in [-0.2, 0) is 4.79 Å². The van der Waals surface area contributed by atoms with E-state index in [0.717, 1.165) is 24.4 Å². The lowest BCUT2D eigenvalue weighted by Crippen LogP contribution is -2.61. The molecule has 0 N–H and O–H groups in total. The van der Waals surface area contributed by atoms with Crippen molar-refractivity contribution in [3.05, 3.63) is 42.7 Å². The quantitative estimate of drug-likeness (QED) is 0.826. The fourth-order valence-corrected chi connectivity index (χ4v) is 3.73. The Labute approximate surface area is 155 Å². The summed E-state index contributed by atoms with van der Waals surface area (Å²) in [6.45, 7) is 8.61. The van der Waals surface area contributed by atoms with Crippen LogP contribution in [0.3, 0.4) is 0 Å².